The van der Waals surface area contributed by atoms with Crippen LogP contribution in [0, 0.1) is 6.92 Å². The number of ether oxygens (including phenoxy) is 2. The monoisotopic (exact) mass is 459 g/mol. The van der Waals surface area contributed by atoms with Crippen LogP contribution in [0.4, 0.5) is 18.9 Å². The van der Waals surface area contributed by atoms with Gasteiger partial charge in [-0.2, -0.15) is 0 Å². The summed E-state index contributed by atoms with van der Waals surface area (Å²) in [4.78, 5) is 18.8. The van der Waals surface area contributed by atoms with Gasteiger partial charge in [0, 0.05) is 29.8 Å². The standard InChI is InChI=1S/C24H24F3N3O3/c1-16-14-23(32-13-12-30(2)3)29-21-10-7-18(15-20(16)21)28-22(31)11-6-17-4-8-19(9-5-17)33-24(25,26)27/h4-11,14-15H,12-13H2,1-3H3,(H,28,31)/b11-6+. The van der Waals surface area contributed by atoms with E-state index in [1.54, 1.807) is 12.1 Å². The number of amides is 1. The third-order valence-electron chi connectivity index (χ3n) is 4.59. The summed E-state index contributed by atoms with van der Waals surface area (Å²) in [6, 6.07) is 12.5. The minimum Gasteiger partial charge on any atom is -0.476 e. The van der Waals surface area contributed by atoms with E-state index < -0.39 is 6.36 Å². The molecule has 3 rings (SSSR count). The molecule has 9 heteroatoms. The molecule has 0 aliphatic rings. The molecule has 3 aromatic rings. The Morgan fingerprint density at radius 3 is 2.52 bits per heavy atom. The second-order valence-corrected chi connectivity index (χ2v) is 7.60. The minimum absolute atomic E-state index is 0.324. The van der Waals surface area contributed by atoms with Crippen LogP contribution in [0.15, 0.2) is 54.6 Å². The molecule has 174 valence electrons. The number of nitrogens with zero attached hydrogens (tertiary/aromatic N) is 2. The number of carbonyl (C=O) groups excluding carboxylic acids is 1. The van der Waals surface area contributed by atoms with Crippen LogP contribution >= 0.6 is 0 Å². The van der Waals surface area contributed by atoms with Gasteiger partial charge in [0.25, 0.3) is 0 Å². The Bertz CT molecular complexity index is 1140. The fourth-order valence-corrected chi connectivity index (χ4v) is 2.98. The first-order valence-corrected chi connectivity index (χ1v) is 10.1. The topological polar surface area (TPSA) is 63.7 Å². The maximum Gasteiger partial charge on any atom is 0.573 e. The number of pyridine rings is 1. The van der Waals surface area contributed by atoms with Crippen LogP contribution in [0.5, 0.6) is 11.6 Å². The number of fused-ring (bicyclic) bond motifs is 1. The second kappa shape index (κ2) is 10.4. The van der Waals surface area contributed by atoms with Crippen molar-refractivity contribution in [1.82, 2.24) is 9.88 Å². The molecule has 0 fully saturated rings. The maximum atomic E-state index is 12.3. The van der Waals surface area contributed by atoms with E-state index in [1.165, 1.54) is 36.4 Å². The summed E-state index contributed by atoms with van der Waals surface area (Å²) in [5.41, 5.74) is 2.87. The van der Waals surface area contributed by atoms with Gasteiger partial charge in [0.1, 0.15) is 12.4 Å². The largest absolute Gasteiger partial charge is 0.573 e. The van der Waals surface area contributed by atoms with Crippen molar-refractivity contribution < 1.29 is 27.4 Å². The molecule has 0 spiro atoms. The molecule has 0 aliphatic heterocycles. The van der Waals surface area contributed by atoms with E-state index in [-0.39, 0.29) is 11.7 Å². The van der Waals surface area contributed by atoms with Gasteiger partial charge in [-0.25, -0.2) is 4.98 Å². The Morgan fingerprint density at radius 2 is 1.85 bits per heavy atom. The molecule has 0 saturated carbocycles. The second-order valence-electron chi connectivity index (χ2n) is 7.60. The highest BCUT2D eigenvalue weighted by Gasteiger charge is 2.30. The Balaban J connectivity index is 1.63. The third-order valence-corrected chi connectivity index (χ3v) is 4.59. The number of hydrogen-bond donors (Lipinski definition) is 1. The summed E-state index contributed by atoms with van der Waals surface area (Å²) < 4.78 is 46.2. The van der Waals surface area contributed by atoms with Crippen LogP contribution in [-0.4, -0.2) is 49.4 Å². The molecule has 1 aromatic heterocycles. The predicted octanol–water partition coefficient (Wildman–Crippen LogP) is 5.03. The number of aromatic nitrogens is 1. The number of likely N-dealkylation sites (N-methyl/N-ethyl adjacent to an activating group) is 1. The molecule has 0 atom stereocenters. The summed E-state index contributed by atoms with van der Waals surface area (Å²) in [6.45, 7) is 3.26. The lowest BCUT2D eigenvalue weighted by molar-refractivity contribution is -0.274. The van der Waals surface area contributed by atoms with Gasteiger partial charge in [0.2, 0.25) is 11.8 Å². The van der Waals surface area contributed by atoms with Gasteiger partial charge in [-0.1, -0.05) is 12.1 Å². The van der Waals surface area contributed by atoms with Crippen molar-refractivity contribution in [3.05, 3.63) is 65.7 Å². The molecule has 1 heterocycles. The van der Waals surface area contributed by atoms with E-state index >= 15 is 0 Å². The Labute approximate surface area is 189 Å². The molecular weight excluding hydrogens is 435 g/mol. The van der Waals surface area contributed by atoms with Gasteiger partial charge in [-0.15, -0.1) is 13.2 Å². The van der Waals surface area contributed by atoms with Crippen LogP contribution in [0.2, 0.25) is 0 Å². The summed E-state index contributed by atoms with van der Waals surface area (Å²) >= 11 is 0. The molecule has 0 unspecified atom stereocenters. The smallest absolute Gasteiger partial charge is 0.476 e. The number of nitrogens with one attached hydrogen (secondary N) is 1. The number of halogens is 3. The Kier molecular flexibility index (Phi) is 7.55. The van der Waals surface area contributed by atoms with Crippen molar-refractivity contribution in [3.63, 3.8) is 0 Å². The molecule has 1 N–H and O–H groups in total. The van der Waals surface area contributed by atoms with E-state index in [1.807, 2.05) is 38.1 Å². The SMILES string of the molecule is Cc1cc(OCCN(C)C)nc2ccc(NC(=O)/C=C/c3ccc(OC(F)(F)F)cc3)cc12. The Morgan fingerprint density at radius 1 is 1.12 bits per heavy atom. The summed E-state index contributed by atoms with van der Waals surface area (Å²) in [5.74, 6) is -0.150. The molecule has 0 bridgehead atoms. The van der Waals surface area contributed by atoms with Crippen molar-refractivity contribution in [2.24, 2.45) is 0 Å². The van der Waals surface area contributed by atoms with E-state index in [9.17, 15) is 18.0 Å². The molecular formula is C24H24F3N3O3. The number of benzene rings is 2. The first kappa shape index (κ1) is 24.1. The molecule has 2 aromatic carbocycles. The van der Waals surface area contributed by atoms with Crippen LogP contribution in [0.3, 0.4) is 0 Å². The normalized spacial score (nSPS) is 11.8. The van der Waals surface area contributed by atoms with Crippen molar-refractivity contribution in [1.29, 1.82) is 0 Å². The van der Waals surface area contributed by atoms with E-state index in [4.69, 9.17) is 4.74 Å². The predicted molar refractivity (Wildman–Crippen MR) is 121 cm³/mol. The zero-order chi connectivity index (χ0) is 24.0. The van der Waals surface area contributed by atoms with E-state index in [0.717, 1.165) is 23.0 Å². The number of rotatable bonds is 8. The molecule has 0 radical (unpaired) electrons. The zero-order valence-electron chi connectivity index (χ0n) is 18.4. The fraction of sp³-hybridized carbons (Fsp3) is 0.250. The lowest BCUT2D eigenvalue weighted by Gasteiger charge is -2.12. The average molecular weight is 459 g/mol. The van der Waals surface area contributed by atoms with Crippen molar-refractivity contribution in [2.45, 2.75) is 13.3 Å². The van der Waals surface area contributed by atoms with Crippen LogP contribution in [0.1, 0.15) is 11.1 Å². The van der Waals surface area contributed by atoms with Crippen molar-refractivity contribution in [3.8, 4) is 11.6 Å². The van der Waals surface area contributed by atoms with Gasteiger partial charge >= 0.3 is 6.36 Å². The third kappa shape index (κ3) is 7.50. The highest BCUT2D eigenvalue weighted by molar-refractivity contribution is 6.03. The molecule has 0 aliphatic carbocycles. The number of aryl methyl sites for hydroxylation is 1. The van der Waals surface area contributed by atoms with E-state index in [2.05, 4.69) is 15.0 Å². The summed E-state index contributed by atoms with van der Waals surface area (Å²) in [5, 5.41) is 3.66. The van der Waals surface area contributed by atoms with Gasteiger partial charge in [-0.3, -0.25) is 4.79 Å². The van der Waals surface area contributed by atoms with Crippen LogP contribution in [-0.2, 0) is 4.79 Å². The first-order chi connectivity index (χ1) is 15.6. The van der Waals surface area contributed by atoms with Crippen LogP contribution in [0.25, 0.3) is 17.0 Å². The van der Waals surface area contributed by atoms with Gasteiger partial charge < -0.3 is 19.7 Å². The van der Waals surface area contributed by atoms with E-state index in [0.29, 0.717) is 23.7 Å². The van der Waals surface area contributed by atoms with Crippen molar-refractivity contribution in [2.75, 3.05) is 32.6 Å². The molecule has 33 heavy (non-hydrogen) atoms. The lowest BCUT2D eigenvalue weighted by atomic mass is 10.1. The number of hydrogen-bond acceptors (Lipinski definition) is 5. The fourth-order valence-electron chi connectivity index (χ4n) is 2.98. The lowest BCUT2D eigenvalue weighted by Crippen LogP contribution is -2.19. The van der Waals surface area contributed by atoms with Crippen molar-refractivity contribution >= 4 is 28.6 Å². The molecule has 0 saturated heterocycles. The number of alkyl halides is 3. The summed E-state index contributed by atoms with van der Waals surface area (Å²) in [7, 11) is 3.94. The van der Waals surface area contributed by atoms with Gasteiger partial charge in [0.05, 0.1) is 5.52 Å². The number of anilines is 1. The van der Waals surface area contributed by atoms with Crippen LogP contribution < -0.4 is 14.8 Å². The average Bonchev–Trinajstić information content (AvgIpc) is 2.72. The quantitative estimate of drug-likeness (QED) is 0.479. The van der Waals surface area contributed by atoms with Gasteiger partial charge in [-0.05, 0) is 68.6 Å². The zero-order valence-corrected chi connectivity index (χ0v) is 18.4. The molecule has 6 nitrogen and oxygen atoms in total. The number of carbonyl (C=O) groups is 1. The minimum atomic E-state index is -4.74. The highest BCUT2D eigenvalue weighted by atomic mass is 19.4. The first-order valence-electron chi connectivity index (χ1n) is 10.1. The highest BCUT2D eigenvalue weighted by Crippen LogP contribution is 2.25. The Hall–Kier alpha value is -3.59. The molecule has 1 amide bonds. The summed E-state index contributed by atoms with van der Waals surface area (Å²) in [6.07, 6.45) is -1.94. The maximum absolute atomic E-state index is 12.3. The van der Waals surface area contributed by atoms with Gasteiger partial charge in [0.15, 0.2) is 0 Å².